The molecule has 0 aliphatic carbocycles. The second-order valence-corrected chi connectivity index (χ2v) is 9.36. The second-order valence-electron chi connectivity index (χ2n) is 5.96. The summed E-state index contributed by atoms with van der Waals surface area (Å²) in [5.41, 5.74) is 0.926. The molecular formula is C19H26N2O4S2. The average Bonchev–Trinajstić information content (AvgIpc) is 2.95. The molecule has 1 aromatic heterocycles. The molecule has 0 spiro atoms. The lowest BCUT2D eigenvalue weighted by Crippen LogP contribution is -2.30. The zero-order chi connectivity index (χ0) is 20.2. The van der Waals surface area contributed by atoms with Gasteiger partial charge >= 0.3 is 0 Å². The topological polar surface area (TPSA) is 75.7 Å². The van der Waals surface area contributed by atoms with Crippen molar-refractivity contribution in [3.8, 4) is 5.75 Å². The molecule has 1 N–H and O–H groups in total. The van der Waals surface area contributed by atoms with Crippen LogP contribution in [-0.2, 0) is 10.0 Å². The van der Waals surface area contributed by atoms with Gasteiger partial charge in [-0.2, -0.15) is 4.31 Å². The lowest BCUT2D eigenvalue weighted by atomic mass is 10.2. The highest BCUT2D eigenvalue weighted by Gasteiger charge is 2.24. The van der Waals surface area contributed by atoms with Crippen molar-refractivity contribution >= 4 is 33.0 Å². The van der Waals surface area contributed by atoms with Gasteiger partial charge in [-0.05, 0) is 45.0 Å². The number of thiophene rings is 1. The molecule has 2 aromatic rings. The van der Waals surface area contributed by atoms with Crippen LogP contribution in [0.3, 0.4) is 0 Å². The van der Waals surface area contributed by atoms with E-state index in [0.717, 1.165) is 9.75 Å². The first kappa shape index (κ1) is 21.4. The largest absolute Gasteiger partial charge is 0.492 e. The molecule has 0 radical (unpaired) electrons. The fourth-order valence-electron chi connectivity index (χ4n) is 2.81. The van der Waals surface area contributed by atoms with Gasteiger partial charge in [0.15, 0.2) is 0 Å². The van der Waals surface area contributed by atoms with Gasteiger partial charge in [0.1, 0.15) is 5.75 Å². The number of amides is 1. The van der Waals surface area contributed by atoms with Crippen LogP contribution < -0.4 is 10.1 Å². The molecule has 27 heavy (non-hydrogen) atoms. The third kappa shape index (κ3) is 4.69. The van der Waals surface area contributed by atoms with E-state index in [2.05, 4.69) is 5.32 Å². The maximum absolute atomic E-state index is 12.8. The third-order valence-electron chi connectivity index (χ3n) is 4.13. The molecule has 0 atom stereocenters. The summed E-state index contributed by atoms with van der Waals surface area (Å²) in [6.45, 7) is 10.4. The van der Waals surface area contributed by atoms with Gasteiger partial charge in [0.05, 0.1) is 22.8 Å². The Hall–Kier alpha value is -1.90. The highest BCUT2D eigenvalue weighted by molar-refractivity contribution is 7.89. The number of carbonyl (C=O) groups excluding carboxylic acids is 1. The SMILES string of the molecule is CCOc1ccc(S(=O)(=O)N(CC)CC)cc1NC(=O)c1cc(C)sc1C. The first-order chi connectivity index (χ1) is 12.7. The molecule has 2 rings (SSSR count). The van der Waals surface area contributed by atoms with Crippen molar-refractivity contribution in [3.63, 3.8) is 0 Å². The van der Waals surface area contributed by atoms with Gasteiger partial charge in [0.2, 0.25) is 10.0 Å². The van der Waals surface area contributed by atoms with Gasteiger partial charge in [0.25, 0.3) is 5.91 Å². The van der Waals surface area contributed by atoms with Crippen molar-refractivity contribution in [2.24, 2.45) is 0 Å². The Morgan fingerprint density at radius 1 is 1.15 bits per heavy atom. The van der Waals surface area contributed by atoms with E-state index in [1.807, 2.05) is 26.8 Å². The molecular weight excluding hydrogens is 384 g/mol. The lowest BCUT2D eigenvalue weighted by molar-refractivity contribution is 0.102. The standard InChI is InChI=1S/C19H26N2O4S2/c1-6-21(7-2)27(23,24)15-9-10-18(25-8-3)17(12-15)20-19(22)16-11-13(4)26-14(16)5/h9-12H,6-8H2,1-5H3,(H,20,22). The van der Waals surface area contributed by atoms with Crippen LogP contribution in [0, 0.1) is 13.8 Å². The van der Waals surface area contributed by atoms with E-state index in [-0.39, 0.29) is 10.8 Å². The van der Waals surface area contributed by atoms with E-state index in [1.165, 1.54) is 16.4 Å². The summed E-state index contributed by atoms with van der Waals surface area (Å²) in [6.07, 6.45) is 0. The highest BCUT2D eigenvalue weighted by atomic mass is 32.2. The number of aryl methyl sites for hydroxylation is 2. The summed E-state index contributed by atoms with van der Waals surface area (Å²) in [5.74, 6) is 0.157. The van der Waals surface area contributed by atoms with Gasteiger partial charge in [-0.25, -0.2) is 8.42 Å². The molecule has 0 aliphatic rings. The summed E-state index contributed by atoms with van der Waals surface area (Å²) in [7, 11) is -3.63. The number of ether oxygens (including phenoxy) is 1. The Kier molecular flexibility index (Phi) is 7.02. The predicted octanol–water partition coefficient (Wildman–Crippen LogP) is 4.05. The van der Waals surface area contributed by atoms with Crippen LogP contribution >= 0.6 is 11.3 Å². The average molecular weight is 411 g/mol. The number of sulfonamides is 1. The van der Waals surface area contributed by atoms with E-state index < -0.39 is 10.0 Å². The normalized spacial score (nSPS) is 11.6. The van der Waals surface area contributed by atoms with Crippen molar-refractivity contribution in [1.82, 2.24) is 4.31 Å². The zero-order valence-electron chi connectivity index (χ0n) is 16.3. The fourth-order valence-corrected chi connectivity index (χ4v) is 5.21. The predicted molar refractivity (Wildman–Crippen MR) is 109 cm³/mol. The maximum atomic E-state index is 12.8. The van der Waals surface area contributed by atoms with Gasteiger partial charge in [-0.1, -0.05) is 13.8 Å². The number of nitrogens with zero attached hydrogens (tertiary/aromatic N) is 1. The maximum Gasteiger partial charge on any atom is 0.256 e. The lowest BCUT2D eigenvalue weighted by Gasteiger charge is -2.20. The first-order valence-electron chi connectivity index (χ1n) is 8.89. The van der Waals surface area contributed by atoms with Crippen molar-refractivity contribution in [1.29, 1.82) is 0 Å². The van der Waals surface area contributed by atoms with Crippen LogP contribution in [0.2, 0.25) is 0 Å². The van der Waals surface area contributed by atoms with E-state index >= 15 is 0 Å². The van der Waals surface area contributed by atoms with Crippen molar-refractivity contribution in [3.05, 3.63) is 39.6 Å². The Balaban J connectivity index is 2.44. The highest BCUT2D eigenvalue weighted by Crippen LogP contribution is 2.30. The second kappa shape index (κ2) is 8.86. The Morgan fingerprint density at radius 3 is 2.33 bits per heavy atom. The van der Waals surface area contributed by atoms with Crippen LogP contribution in [0.4, 0.5) is 5.69 Å². The molecule has 1 aromatic carbocycles. The van der Waals surface area contributed by atoms with Crippen molar-refractivity contribution < 1.29 is 17.9 Å². The molecule has 0 saturated carbocycles. The molecule has 0 aliphatic heterocycles. The van der Waals surface area contributed by atoms with Crippen LogP contribution in [0.1, 0.15) is 40.9 Å². The minimum Gasteiger partial charge on any atom is -0.492 e. The van der Waals surface area contributed by atoms with Gasteiger partial charge in [-0.3, -0.25) is 4.79 Å². The third-order valence-corrected chi connectivity index (χ3v) is 7.14. The Labute approximate surface area is 165 Å². The van der Waals surface area contributed by atoms with E-state index in [9.17, 15) is 13.2 Å². The summed E-state index contributed by atoms with van der Waals surface area (Å²) >= 11 is 1.55. The number of rotatable bonds is 8. The number of anilines is 1. The van der Waals surface area contributed by atoms with Gasteiger partial charge < -0.3 is 10.1 Å². The molecule has 6 nitrogen and oxygen atoms in total. The van der Waals surface area contributed by atoms with E-state index in [0.29, 0.717) is 36.7 Å². The number of nitrogens with one attached hydrogen (secondary N) is 1. The van der Waals surface area contributed by atoms with E-state index in [4.69, 9.17) is 4.74 Å². The van der Waals surface area contributed by atoms with Crippen molar-refractivity contribution in [2.75, 3.05) is 25.0 Å². The molecule has 148 valence electrons. The van der Waals surface area contributed by atoms with Gasteiger partial charge in [-0.15, -0.1) is 11.3 Å². The summed E-state index contributed by atoms with van der Waals surface area (Å²) in [6, 6.07) is 6.38. The minimum absolute atomic E-state index is 0.128. The molecule has 0 bridgehead atoms. The van der Waals surface area contributed by atoms with Crippen LogP contribution in [0.15, 0.2) is 29.2 Å². The van der Waals surface area contributed by atoms with Crippen molar-refractivity contribution in [2.45, 2.75) is 39.5 Å². The monoisotopic (exact) mass is 410 g/mol. The fraction of sp³-hybridized carbons (Fsp3) is 0.421. The number of benzene rings is 1. The van der Waals surface area contributed by atoms with Gasteiger partial charge in [0, 0.05) is 22.8 Å². The summed E-state index contributed by atoms with van der Waals surface area (Å²) < 4.78 is 32.6. The number of carbonyl (C=O) groups is 1. The smallest absolute Gasteiger partial charge is 0.256 e. The van der Waals surface area contributed by atoms with E-state index in [1.54, 1.807) is 31.3 Å². The minimum atomic E-state index is -3.63. The number of hydrogen-bond acceptors (Lipinski definition) is 5. The first-order valence-corrected chi connectivity index (χ1v) is 11.2. The molecule has 1 heterocycles. The Bertz CT molecular complexity index is 916. The molecule has 1 amide bonds. The molecule has 0 unspecified atom stereocenters. The molecule has 0 fully saturated rings. The van der Waals surface area contributed by atoms with Crippen LogP contribution in [0.25, 0.3) is 0 Å². The Morgan fingerprint density at radius 2 is 1.81 bits per heavy atom. The van der Waals surface area contributed by atoms with Crippen LogP contribution in [0.5, 0.6) is 5.75 Å². The zero-order valence-corrected chi connectivity index (χ0v) is 18.0. The molecule has 8 heteroatoms. The van der Waals surface area contributed by atoms with Crippen LogP contribution in [-0.4, -0.2) is 38.3 Å². The number of hydrogen-bond donors (Lipinski definition) is 1. The summed E-state index contributed by atoms with van der Waals surface area (Å²) in [4.78, 5) is 14.8. The quantitative estimate of drug-likeness (QED) is 0.712. The molecule has 0 saturated heterocycles. The summed E-state index contributed by atoms with van der Waals surface area (Å²) in [5, 5.41) is 2.81.